The van der Waals surface area contributed by atoms with Gasteiger partial charge in [-0.25, -0.2) is 9.48 Å². The van der Waals surface area contributed by atoms with Crippen LogP contribution in [-0.2, 0) is 43.7 Å². The molecule has 3 amide bonds. The number of pyridine rings is 1. The van der Waals surface area contributed by atoms with Gasteiger partial charge in [-0.05, 0) is 106 Å². The van der Waals surface area contributed by atoms with Crippen molar-refractivity contribution in [2.75, 3.05) is 59.4 Å². The molecule has 67 heavy (non-hydrogen) atoms. The molecule has 2 unspecified atom stereocenters. The predicted molar refractivity (Wildman–Crippen MR) is 260 cm³/mol. The van der Waals surface area contributed by atoms with Crippen LogP contribution in [0.2, 0.25) is 0 Å². The predicted octanol–water partition coefficient (Wildman–Crippen LogP) is 7.05. The maximum absolute atomic E-state index is 14.6. The highest BCUT2D eigenvalue weighted by Gasteiger charge is 2.34. The summed E-state index contributed by atoms with van der Waals surface area (Å²) in [5, 5.41) is 9.64. The number of unbranched alkanes of at least 4 members (excludes halogenated alkanes) is 2. The average molecular weight is 923 g/mol. The number of likely N-dealkylation sites (tertiary alicyclic amines) is 2. The average Bonchev–Trinajstić information content (AvgIpc) is 3.77. The summed E-state index contributed by atoms with van der Waals surface area (Å²) in [6.07, 6.45) is 11.0. The van der Waals surface area contributed by atoms with Crippen molar-refractivity contribution in [2.24, 2.45) is 11.8 Å². The third-order valence-corrected chi connectivity index (χ3v) is 14.5. The van der Waals surface area contributed by atoms with Crippen LogP contribution < -0.4 is 10.9 Å². The van der Waals surface area contributed by atoms with Gasteiger partial charge in [-0.3, -0.25) is 28.6 Å². The van der Waals surface area contributed by atoms with Gasteiger partial charge in [-0.15, -0.1) is 0 Å². The Labute approximate surface area is 396 Å². The number of urea groups is 1. The molecule has 0 bridgehead atoms. The van der Waals surface area contributed by atoms with Gasteiger partial charge in [-0.1, -0.05) is 77.6 Å². The molecule has 3 saturated heterocycles. The largest absolute Gasteiger partial charge is 0.444 e. The normalized spacial score (nSPS) is 18.2. The Morgan fingerprint density at radius 1 is 0.776 bits per heavy atom. The summed E-state index contributed by atoms with van der Waals surface area (Å²) in [6, 6.07) is 13.0. The summed E-state index contributed by atoms with van der Waals surface area (Å²) in [7, 11) is 2.17. The standard InChI is InChI=1S/C52H74N8O7/c1-7-9-13-36(3)50(63)66-34-59-33-42-30-39(29-38(5)47(42)54-59)31-45(49(62)57-27-25-56(26-28-57)43-19-21-55(6)22-20-43)53-52(65)58-23-17-40(18-24-58)44-32-41-15-11-12-16-46(41)60(48(44)61)35-67-51(64)37(4)14-10-8-2/h11-12,15-16,29-30,32-33,36-37,40,43,45H,7-10,13-14,17-28,31,34-35H2,1-6H3,(H,53,65)/t36?,37?,45-/m1/s1. The Morgan fingerprint density at radius 3 is 2.07 bits per heavy atom. The zero-order valence-corrected chi connectivity index (χ0v) is 40.8. The number of esters is 2. The van der Waals surface area contributed by atoms with Crippen molar-refractivity contribution < 1.29 is 28.7 Å². The van der Waals surface area contributed by atoms with Crippen LogP contribution in [0.3, 0.4) is 0 Å². The smallest absolute Gasteiger partial charge is 0.318 e. The summed E-state index contributed by atoms with van der Waals surface area (Å²) in [4.78, 5) is 77.1. The van der Waals surface area contributed by atoms with Crippen molar-refractivity contribution in [1.82, 2.24) is 39.3 Å². The molecule has 2 aromatic carbocycles. The van der Waals surface area contributed by atoms with Crippen molar-refractivity contribution in [1.29, 1.82) is 0 Å². The summed E-state index contributed by atoms with van der Waals surface area (Å²) >= 11 is 0. The number of ether oxygens (including phenoxy) is 2. The van der Waals surface area contributed by atoms with Crippen molar-refractivity contribution in [3.8, 4) is 0 Å². The molecule has 3 fully saturated rings. The molecule has 0 saturated carbocycles. The van der Waals surface area contributed by atoms with E-state index in [1.54, 1.807) is 14.1 Å². The highest BCUT2D eigenvalue weighted by atomic mass is 16.5. The number of piperidine rings is 2. The van der Waals surface area contributed by atoms with Crippen LogP contribution in [0.1, 0.15) is 115 Å². The second-order valence-corrected chi connectivity index (χ2v) is 19.5. The van der Waals surface area contributed by atoms with Gasteiger partial charge < -0.3 is 29.5 Å². The van der Waals surface area contributed by atoms with E-state index < -0.39 is 6.04 Å². The molecule has 0 radical (unpaired) electrons. The second-order valence-electron chi connectivity index (χ2n) is 19.5. The van der Waals surface area contributed by atoms with Crippen molar-refractivity contribution in [3.05, 3.63) is 75.7 Å². The van der Waals surface area contributed by atoms with Gasteiger partial charge in [0.25, 0.3) is 5.56 Å². The molecular formula is C52H74N8O7. The third-order valence-electron chi connectivity index (χ3n) is 14.5. The summed E-state index contributed by atoms with van der Waals surface area (Å²) < 4.78 is 14.5. The van der Waals surface area contributed by atoms with Crippen LogP contribution in [0.4, 0.5) is 4.79 Å². The fraction of sp³-hybridized carbons (Fsp3) is 0.615. The number of carbonyl (C=O) groups is 4. The van der Waals surface area contributed by atoms with Gasteiger partial charge in [0.2, 0.25) is 5.91 Å². The highest BCUT2D eigenvalue weighted by Crippen LogP contribution is 2.29. The molecule has 15 heteroatoms. The van der Waals surface area contributed by atoms with Crippen molar-refractivity contribution in [3.63, 3.8) is 0 Å². The fourth-order valence-corrected chi connectivity index (χ4v) is 10.1. The number of hydrogen-bond acceptors (Lipinski definition) is 10. The summed E-state index contributed by atoms with van der Waals surface area (Å²) in [5.41, 5.74) is 3.77. The quantitative estimate of drug-likeness (QED) is 0.103. The maximum atomic E-state index is 14.6. The lowest BCUT2D eigenvalue weighted by Crippen LogP contribution is -2.59. The van der Waals surface area contributed by atoms with Gasteiger partial charge in [0.1, 0.15) is 6.04 Å². The van der Waals surface area contributed by atoms with E-state index in [9.17, 15) is 24.0 Å². The first-order valence-electron chi connectivity index (χ1n) is 25.0. The molecular weight excluding hydrogens is 849 g/mol. The SMILES string of the molecule is CCCCC(C)C(=O)OCn1cc2cc(C[C@@H](NC(=O)N3CCC(c4cc5ccccc5n(COC(=O)C(C)CCCC)c4=O)CC3)C(=O)N3CCN(C4CCN(C)CC4)CC3)cc(C)c2n1. The molecule has 364 valence electrons. The van der Waals surface area contributed by atoms with Crippen LogP contribution in [0.5, 0.6) is 0 Å². The van der Waals surface area contributed by atoms with Crippen molar-refractivity contribution in [2.45, 2.75) is 137 Å². The molecule has 5 heterocycles. The molecule has 0 spiro atoms. The Balaban J connectivity index is 1.04. The molecule has 3 aliphatic rings. The molecule has 4 aromatic rings. The summed E-state index contributed by atoms with van der Waals surface area (Å²) in [6.45, 7) is 15.6. The number of nitrogens with one attached hydrogen (secondary N) is 1. The van der Waals surface area contributed by atoms with Gasteiger partial charge in [0.05, 0.1) is 22.9 Å². The van der Waals surface area contributed by atoms with Gasteiger partial charge in [0.15, 0.2) is 13.5 Å². The number of aryl methyl sites for hydroxylation is 1. The zero-order valence-electron chi connectivity index (χ0n) is 40.8. The first-order chi connectivity index (χ1) is 32.3. The molecule has 1 N–H and O–H groups in total. The molecule has 0 aliphatic carbocycles. The van der Waals surface area contributed by atoms with E-state index in [2.05, 4.69) is 36.0 Å². The molecule has 3 aliphatic heterocycles. The number of aromatic nitrogens is 3. The van der Waals surface area contributed by atoms with E-state index in [4.69, 9.17) is 14.6 Å². The zero-order chi connectivity index (χ0) is 47.6. The van der Waals surface area contributed by atoms with E-state index in [0.29, 0.717) is 62.6 Å². The minimum Gasteiger partial charge on any atom is -0.444 e. The van der Waals surface area contributed by atoms with Crippen LogP contribution in [0, 0.1) is 18.8 Å². The van der Waals surface area contributed by atoms with Gasteiger partial charge in [-0.2, -0.15) is 5.10 Å². The van der Waals surface area contributed by atoms with E-state index in [1.165, 1.54) is 0 Å². The first kappa shape index (κ1) is 49.6. The number of para-hydroxylation sites is 1. The second kappa shape index (κ2) is 23.1. The lowest BCUT2D eigenvalue weighted by atomic mass is 9.89. The molecule has 15 nitrogen and oxygen atoms in total. The fourth-order valence-electron chi connectivity index (χ4n) is 10.1. The Hall–Kier alpha value is -5.28. The minimum absolute atomic E-state index is 0.0150. The van der Waals surface area contributed by atoms with Crippen LogP contribution in [0.15, 0.2) is 53.5 Å². The Morgan fingerprint density at radius 2 is 1.42 bits per heavy atom. The van der Waals surface area contributed by atoms with E-state index in [1.807, 2.05) is 74.3 Å². The monoisotopic (exact) mass is 923 g/mol. The first-order valence-corrected chi connectivity index (χ1v) is 25.0. The van der Waals surface area contributed by atoms with Gasteiger partial charge >= 0.3 is 18.0 Å². The highest BCUT2D eigenvalue weighted by molar-refractivity contribution is 5.88. The van der Waals surface area contributed by atoms with Crippen molar-refractivity contribution >= 4 is 45.7 Å². The number of rotatable bonds is 18. The third kappa shape index (κ3) is 12.4. The molecule has 7 rings (SSSR count). The number of hydrogen-bond donors (Lipinski definition) is 1. The number of fused-ring (bicyclic) bond motifs is 2. The van der Waals surface area contributed by atoms with Crippen LogP contribution in [-0.4, -0.2) is 129 Å². The number of amides is 3. The van der Waals surface area contributed by atoms with Crippen LogP contribution in [0.25, 0.3) is 21.8 Å². The minimum atomic E-state index is -0.808. The van der Waals surface area contributed by atoms with Gasteiger partial charge in [0, 0.05) is 68.9 Å². The topological polar surface area (TPSA) is 152 Å². The molecule has 2 aromatic heterocycles. The lowest BCUT2D eigenvalue weighted by Gasteiger charge is -2.43. The molecule has 3 atom stereocenters. The maximum Gasteiger partial charge on any atom is 0.318 e. The summed E-state index contributed by atoms with van der Waals surface area (Å²) in [5.74, 6) is -1.17. The number of benzene rings is 2. The lowest BCUT2D eigenvalue weighted by molar-refractivity contribution is -0.153. The Kier molecular flexibility index (Phi) is 17.1. The van der Waals surface area contributed by atoms with Crippen LogP contribution >= 0.6 is 0 Å². The number of nitrogens with zero attached hydrogens (tertiary/aromatic N) is 7. The number of carbonyl (C=O) groups excluding carboxylic acids is 4. The van der Waals surface area contributed by atoms with E-state index in [-0.39, 0.29) is 60.7 Å². The van der Waals surface area contributed by atoms with E-state index >= 15 is 0 Å². The van der Waals surface area contributed by atoms with E-state index in [0.717, 1.165) is 105 Å². The number of piperazine rings is 1. The Bertz CT molecular complexity index is 2390.